The first kappa shape index (κ1) is 21.5. The second kappa shape index (κ2) is 9.06. The van der Waals surface area contributed by atoms with Crippen molar-refractivity contribution in [3.05, 3.63) is 47.4 Å². The summed E-state index contributed by atoms with van der Waals surface area (Å²) in [5, 5.41) is 0. The van der Waals surface area contributed by atoms with Crippen molar-refractivity contribution in [2.45, 2.75) is 44.2 Å². The number of methoxy groups -OCH3 is 1. The van der Waals surface area contributed by atoms with E-state index >= 15 is 0 Å². The van der Waals surface area contributed by atoms with E-state index in [1.807, 2.05) is 13.8 Å². The Balaban J connectivity index is 1.74. The number of hydrogen-bond acceptors (Lipinski definition) is 5. The van der Waals surface area contributed by atoms with E-state index in [-0.39, 0.29) is 16.8 Å². The number of halogens is 2. The summed E-state index contributed by atoms with van der Waals surface area (Å²) in [6.07, 6.45) is 2.78. The maximum atomic E-state index is 13.8. The van der Waals surface area contributed by atoms with Gasteiger partial charge in [-0.3, -0.25) is 0 Å². The van der Waals surface area contributed by atoms with Gasteiger partial charge in [-0.15, -0.1) is 0 Å². The number of ether oxygens (including phenoxy) is 1. The number of fused-ring (bicyclic) bond motifs is 1. The average Bonchev–Trinajstić information content (AvgIpc) is 3.08. The minimum absolute atomic E-state index is 0.0304. The summed E-state index contributed by atoms with van der Waals surface area (Å²) < 4.78 is 46.7. The number of rotatable bonds is 8. The molecule has 0 amide bonds. The lowest BCUT2D eigenvalue weighted by Crippen LogP contribution is -2.12. The molecule has 2 aromatic heterocycles. The van der Waals surface area contributed by atoms with Gasteiger partial charge in [-0.2, -0.15) is 0 Å². The maximum absolute atomic E-state index is 13.8. The van der Waals surface area contributed by atoms with Gasteiger partial charge >= 0.3 is 0 Å². The second-order valence-corrected chi connectivity index (χ2v) is 8.39. The van der Waals surface area contributed by atoms with Crippen molar-refractivity contribution in [1.82, 2.24) is 14.5 Å². The van der Waals surface area contributed by atoms with Crippen LogP contribution in [0.4, 0.5) is 14.6 Å². The third-order valence-corrected chi connectivity index (χ3v) is 6.31. The quantitative estimate of drug-likeness (QED) is 0.439. The topological polar surface area (TPSA) is 89.0 Å². The van der Waals surface area contributed by atoms with E-state index in [4.69, 9.17) is 10.5 Å². The number of hydrogen-bond donors (Lipinski definition) is 1. The van der Waals surface area contributed by atoms with Crippen LogP contribution in [-0.4, -0.2) is 32.0 Å². The molecule has 3 rings (SSSR count). The molecule has 0 saturated heterocycles. The highest BCUT2D eigenvalue weighted by Crippen LogP contribution is 2.28. The Morgan fingerprint density at radius 1 is 1.31 bits per heavy atom. The first-order chi connectivity index (χ1) is 13.8. The van der Waals surface area contributed by atoms with Gasteiger partial charge in [0.2, 0.25) is 0 Å². The molecule has 2 N–H and O–H groups in total. The van der Waals surface area contributed by atoms with Gasteiger partial charge in [-0.1, -0.05) is 0 Å². The van der Waals surface area contributed by atoms with Crippen LogP contribution in [0.15, 0.2) is 29.3 Å². The third-order valence-electron chi connectivity index (χ3n) is 4.83. The van der Waals surface area contributed by atoms with Crippen molar-refractivity contribution in [2.24, 2.45) is 0 Å². The monoisotopic (exact) mass is 422 g/mol. The number of nitrogens with two attached hydrogens (primary N) is 1. The predicted octanol–water partition coefficient (Wildman–Crippen LogP) is 3.90. The van der Waals surface area contributed by atoms with Crippen molar-refractivity contribution >= 4 is 28.0 Å². The number of pyridine rings is 1. The molecule has 3 aromatic rings. The van der Waals surface area contributed by atoms with E-state index in [9.17, 15) is 13.3 Å². The van der Waals surface area contributed by atoms with Gasteiger partial charge in [0.1, 0.15) is 29.0 Å². The SMILES string of the molecule is COC(C)c1nc2c(N)ncc(C)c2n1CCCC[S+]([O-])c1ccc(F)cc1F. The molecule has 1 aromatic carbocycles. The molecule has 0 saturated carbocycles. The van der Waals surface area contributed by atoms with E-state index in [0.717, 1.165) is 29.0 Å². The molecule has 6 nitrogen and oxygen atoms in total. The van der Waals surface area contributed by atoms with Gasteiger partial charge < -0.3 is 19.6 Å². The van der Waals surface area contributed by atoms with Crippen molar-refractivity contribution in [2.75, 3.05) is 18.6 Å². The van der Waals surface area contributed by atoms with Gasteiger partial charge in [0.05, 0.1) is 5.52 Å². The predicted molar refractivity (Wildman–Crippen MR) is 109 cm³/mol. The van der Waals surface area contributed by atoms with Crippen molar-refractivity contribution < 1.29 is 18.1 Å². The fourth-order valence-corrected chi connectivity index (χ4v) is 4.43. The van der Waals surface area contributed by atoms with Gasteiger partial charge in [-0.05, 0) is 55.6 Å². The zero-order chi connectivity index (χ0) is 21.1. The van der Waals surface area contributed by atoms with Crippen LogP contribution in [0.3, 0.4) is 0 Å². The largest absolute Gasteiger partial charge is 0.611 e. The summed E-state index contributed by atoms with van der Waals surface area (Å²) >= 11 is -1.52. The highest BCUT2D eigenvalue weighted by Gasteiger charge is 2.21. The fraction of sp³-hybridized carbons (Fsp3) is 0.400. The van der Waals surface area contributed by atoms with E-state index in [2.05, 4.69) is 14.5 Å². The molecular weight excluding hydrogens is 398 g/mol. The Morgan fingerprint density at radius 3 is 2.76 bits per heavy atom. The Hall–Kier alpha value is -2.23. The van der Waals surface area contributed by atoms with Crippen LogP contribution in [0.5, 0.6) is 0 Å². The fourth-order valence-electron chi connectivity index (χ4n) is 3.25. The summed E-state index contributed by atoms with van der Waals surface area (Å²) in [5.41, 5.74) is 8.50. The molecule has 0 aliphatic carbocycles. The number of aromatic nitrogens is 3. The van der Waals surface area contributed by atoms with Crippen LogP contribution in [-0.2, 0) is 22.5 Å². The lowest BCUT2D eigenvalue weighted by atomic mass is 10.2. The van der Waals surface area contributed by atoms with Gasteiger partial charge in [0.15, 0.2) is 16.5 Å². The van der Waals surface area contributed by atoms with Crippen molar-refractivity contribution in [1.29, 1.82) is 0 Å². The Morgan fingerprint density at radius 2 is 2.07 bits per heavy atom. The van der Waals surface area contributed by atoms with Crippen molar-refractivity contribution in [3.8, 4) is 0 Å². The number of unbranched alkanes of at least 4 members (excludes halogenated alkanes) is 1. The van der Waals surface area contributed by atoms with E-state index in [1.54, 1.807) is 13.3 Å². The molecule has 2 unspecified atom stereocenters. The summed E-state index contributed by atoms with van der Waals surface area (Å²) in [6, 6.07) is 3.11. The molecule has 2 heterocycles. The molecule has 0 spiro atoms. The number of benzene rings is 1. The number of aryl methyl sites for hydroxylation is 2. The molecule has 0 fully saturated rings. The summed E-state index contributed by atoms with van der Waals surface area (Å²) in [5.74, 6) is -0.0665. The highest BCUT2D eigenvalue weighted by molar-refractivity contribution is 7.91. The third kappa shape index (κ3) is 4.52. The smallest absolute Gasteiger partial charge is 0.188 e. The van der Waals surface area contributed by atoms with Crippen LogP contribution in [0, 0.1) is 18.6 Å². The molecule has 0 aliphatic heterocycles. The standard InChI is InChI=1S/C20H24F2N4O2S/c1-12-11-24-19(23)17-18(12)26(20(25-17)13(2)28-3)8-4-5-9-29(27)16-7-6-14(21)10-15(16)22/h6-7,10-11,13H,4-5,8-9H2,1-3H3,(H2,23,24). The van der Waals surface area contributed by atoms with Gasteiger partial charge in [0.25, 0.3) is 0 Å². The first-order valence-electron chi connectivity index (χ1n) is 9.31. The number of anilines is 1. The Kier molecular flexibility index (Phi) is 6.71. The summed E-state index contributed by atoms with van der Waals surface area (Å²) in [6.45, 7) is 4.47. The zero-order valence-corrected chi connectivity index (χ0v) is 17.4. The minimum Gasteiger partial charge on any atom is -0.611 e. The number of nitrogen functional groups attached to an aromatic ring is 1. The lowest BCUT2D eigenvalue weighted by Gasteiger charge is -2.15. The molecule has 29 heavy (non-hydrogen) atoms. The van der Waals surface area contributed by atoms with Crippen LogP contribution in [0.25, 0.3) is 11.0 Å². The highest BCUT2D eigenvalue weighted by atomic mass is 32.2. The summed E-state index contributed by atoms with van der Waals surface area (Å²) in [4.78, 5) is 8.83. The van der Waals surface area contributed by atoms with Crippen LogP contribution in [0.2, 0.25) is 0 Å². The number of nitrogens with zero attached hydrogens (tertiary/aromatic N) is 3. The van der Waals surface area contributed by atoms with E-state index < -0.39 is 22.8 Å². The molecule has 156 valence electrons. The molecule has 0 bridgehead atoms. The van der Waals surface area contributed by atoms with Crippen molar-refractivity contribution in [3.63, 3.8) is 0 Å². The van der Waals surface area contributed by atoms with Crippen LogP contribution >= 0.6 is 0 Å². The first-order valence-corrected chi connectivity index (χ1v) is 10.6. The maximum Gasteiger partial charge on any atom is 0.188 e. The van der Waals surface area contributed by atoms with Crippen LogP contribution in [0.1, 0.15) is 37.3 Å². The molecule has 0 radical (unpaired) electrons. The van der Waals surface area contributed by atoms with E-state index in [1.165, 1.54) is 6.07 Å². The number of imidazole rings is 1. The summed E-state index contributed by atoms with van der Waals surface area (Å²) in [7, 11) is 1.61. The molecular formula is C20H24F2N4O2S. The van der Waals surface area contributed by atoms with Gasteiger partial charge in [-0.25, -0.2) is 18.7 Å². The Labute approximate surface area is 171 Å². The normalized spacial score (nSPS) is 13.7. The molecule has 0 aliphatic rings. The molecule has 9 heteroatoms. The Bertz CT molecular complexity index is 1010. The van der Waals surface area contributed by atoms with E-state index in [0.29, 0.717) is 30.7 Å². The zero-order valence-electron chi connectivity index (χ0n) is 16.6. The lowest BCUT2D eigenvalue weighted by molar-refractivity contribution is 0.109. The minimum atomic E-state index is -1.52. The molecule has 2 atom stereocenters. The van der Waals surface area contributed by atoms with Crippen LogP contribution < -0.4 is 5.73 Å². The van der Waals surface area contributed by atoms with Gasteiger partial charge in [0, 0.05) is 25.9 Å². The average molecular weight is 423 g/mol. The second-order valence-electron chi connectivity index (χ2n) is 6.85.